The Balaban J connectivity index is 2.03. The molecule has 0 aromatic heterocycles. The van der Waals surface area contributed by atoms with Gasteiger partial charge in [0.25, 0.3) is 0 Å². The Labute approximate surface area is 93.4 Å². The van der Waals surface area contributed by atoms with Gasteiger partial charge in [0.1, 0.15) is 5.75 Å². The molecule has 4 heteroatoms. The number of carbonyl (C=O) groups excluding carboxylic acids is 1. The van der Waals surface area contributed by atoms with Crippen LogP contribution in [0.3, 0.4) is 0 Å². The molecule has 0 saturated carbocycles. The zero-order chi connectivity index (χ0) is 10.7. The zero-order valence-electron chi connectivity index (χ0n) is 8.25. The largest absolute Gasteiger partial charge is 0.493 e. The summed E-state index contributed by atoms with van der Waals surface area (Å²) in [6, 6.07) is 5.66. The van der Waals surface area contributed by atoms with Gasteiger partial charge in [-0.1, -0.05) is 6.07 Å². The van der Waals surface area contributed by atoms with Gasteiger partial charge in [0.15, 0.2) is 0 Å². The maximum absolute atomic E-state index is 11.1. The summed E-state index contributed by atoms with van der Waals surface area (Å²) < 4.78 is 5.47. The Morgan fingerprint density at radius 3 is 3.13 bits per heavy atom. The fourth-order valence-electron chi connectivity index (χ4n) is 1.53. The van der Waals surface area contributed by atoms with Gasteiger partial charge in [0.05, 0.1) is 13.0 Å². The predicted molar refractivity (Wildman–Crippen MR) is 59.6 cm³/mol. The average Bonchev–Trinajstić information content (AvgIpc) is 2.57. The van der Waals surface area contributed by atoms with E-state index in [0.29, 0.717) is 18.9 Å². The number of carbonyl (C=O) groups is 1. The van der Waals surface area contributed by atoms with Gasteiger partial charge in [-0.15, -0.1) is 11.6 Å². The van der Waals surface area contributed by atoms with Crippen LogP contribution in [0.25, 0.3) is 0 Å². The first-order valence-corrected chi connectivity index (χ1v) is 5.44. The minimum absolute atomic E-state index is 0.0444. The van der Waals surface area contributed by atoms with Gasteiger partial charge in [-0.25, -0.2) is 0 Å². The highest BCUT2D eigenvalue weighted by molar-refractivity contribution is 6.17. The Morgan fingerprint density at radius 2 is 2.33 bits per heavy atom. The SMILES string of the molecule is O=C1Cc2ccc(OCCCCl)cc2N1. The Hall–Kier alpha value is -1.22. The molecular weight excluding hydrogens is 214 g/mol. The van der Waals surface area contributed by atoms with Crippen molar-refractivity contribution in [3.63, 3.8) is 0 Å². The number of benzene rings is 1. The van der Waals surface area contributed by atoms with Gasteiger partial charge in [0, 0.05) is 17.6 Å². The number of alkyl halides is 1. The van der Waals surface area contributed by atoms with Crippen LogP contribution < -0.4 is 10.1 Å². The molecule has 0 bridgehead atoms. The first-order chi connectivity index (χ1) is 7.29. The number of fused-ring (bicyclic) bond motifs is 1. The molecule has 1 aliphatic rings. The molecule has 0 atom stereocenters. The van der Waals surface area contributed by atoms with E-state index in [9.17, 15) is 4.79 Å². The van der Waals surface area contributed by atoms with Gasteiger partial charge in [-0.05, 0) is 18.1 Å². The number of amides is 1. The third-order valence-corrected chi connectivity index (χ3v) is 2.52. The summed E-state index contributed by atoms with van der Waals surface area (Å²) in [5.74, 6) is 1.42. The number of ether oxygens (including phenoxy) is 1. The van der Waals surface area contributed by atoms with Gasteiger partial charge in [-0.2, -0.15) is 0 Å². The molecule has 0 spiro atoms. The predicted octanol–water partition coefficient (Wildman–Crippen LogP) is 2.19. The van der Waals surface area contributed by atoms with Crippen molar-refractivity contribution in [1.29, 1.82) is 0 Å². The number of anilines is 1. The van der Waals surface area contributed by atoms with Crippen LogP contribution in [0.15, 0.2) is 18.2 Å². The molecule has 1 N–H and O–H groups in total. The molecular formula is C11H12ClNO2. The maximum Gasteiger partial charge on any atom is 0.228 e. The Morgan fingerprint density at radius 1 is 1.47 bits per heavy atom. The van der Waals surface area contributed by atoms with Crippen molar-refractivity contribution >= 4 is 23.2 Å². The summed E-state index contributed by atoms with van der Waals surface area (Å²) in [5, 5.41) is 2.78. The second-order valence-electron chi connectivity index (χ2n) is 3.43. The van der Waals surface area contributed by atoms with Crippen LogP contribution in [-0.2, 0) is 11.2 Å². The molecule has 0 fully saturated rings. The van der Waals surface area contributed by atoms with Crippen molar-refractivity contribution in [3.05, 3.63) is 23.8 Å². The van der Waals surface area contributed by atoms with Crippen LogP contribution in [-0.4, -0.2) is 18.4 Å². The van der Waals surface area contributed by atoms with Gasteiger partial charge >= 0.3 is 0 Å². The van der Waals surface area contributed by atoms with Gasteiger partial charge in [0.2, 0.25) is 5.91 Å². The van der Waals surface area contributed by atoms with Crippen LogP contribution >= 0.6 is 11.6 Å². The van der Waals surface area contributed by atoms with E-state index in [0.717, 1.165) is 23.4 Å². The molecule has 0 unspecified atom stereocenters. The quantitative estimate of drug-likeness (QED) is 0.630. The number of nitrogens with one attached hydrogen (secondary N) is 1. The second-order valence-corrected chi connectivity index (χ2v) is 3.81. The summed E-state index contributed by atoms with van der Waals surface area (Å²) >= 11 is 5.54. The highest BCUT2D eigenvalue weighted by atomic mass is 35.5. The minimum Gasteiger partial charge on any atom is -0.493 e. The fourth-order valence-corrected chi connectivity index (χ4v) is 1.64. The zero-order valence-corrected chi connectivity index (χ0v) is 9.01. The van der Waals surface area contributed by atoms with Crippen molar-refractivity contribution in [2.45, 2.75) is 12.8 Å². The smallest absolute Gasteiger partial charge is 0.228 e. The van der Waals surface area contributed by atoms with E-state index in [1.54, 1.807) is 0 Å². The molecule has 0 aliphatic carbocycles. The fraction of sp³-hybridized carbons (Fsp3) is 0.364. The van der Waals surface area contributed by atoms with E-state index in [2.05, 4.69) is 5.32 Å². The third kappa shape index (κ3) is 2.42. The van der Waals surface area contributed by atoms with E-state index < -0.39 is 0 Å². The number of hydrogen-bond acceptors (Lipinski definition) is 2. The van der Waals surface area contributed by atoms with E-state index >= 15 is 0 Å². The lowest BCUT2D eigenvalue weighted by Gasteiger charge is -2.06. The summed E-state index contributed by atoms with van der Waals surface area (Å²) in [6.45, 7) is 0.607. The molecule has 0 saturated heterocycles. The van der Waals surface area contributed by atoms with Gasteiger partial charge in [-0.3, -0.25) is 4.79 Å². The topological polar surface area (TPSA) is 38.3 Å². The molecule has 3 nitrogen and oxygen atoms in total. The van der Waals surface area contributed by atoms with Crippen molar-refractivity contribution in [1.82, 2.24) is 0 Å². The molecule has 1 amide bonds. The molecule has 0 radical (unpaired) electrons. The van der Waals surface area contributed by atoms with E-state index in [-0.39, 0.29) is 5.91 Å². The highest BCUT2D eigenvalue weighted by Crippen LogP contribution is 2.27. The van der Waals surface area contributed by atoms with Crippen LogP contribution in [0.4, 0.5) is 5.69 Å². The molecule has 1 aliphatic heterocycles. The van der Waals surface area contributed by atoms with Crippen LogP contribution in [0, 0.1) is 0 Å². The first kappa shape index (κ1) is 10.3. The molecule has 1 aromatic rings. The number of rotatable bonds is 4. The van der Waals surface area contributed by atoms with Crippen LogP contribution in [0.2, 0.25) is 0 Å². The molecule has 2 rings (SSSR count). The van der Waals surface area contributed by atoms with E-state index in [4.69, 9.17) is 16.3 Å². The Kier molecular flexibility index (Phi) is 3.11. The number of hydrogen-bond donors (Lipinski definition) is 1. The highest BCUT2D eigenvalue weighted by Gasteiger charge is 2.17. The molecule has 80 valence electrons. The lowest BCUT2D eigenvalue weighted by molar-refractivity contribution is -0.115. The number of halogens is 1. The normalized spacial score (nSPS) is 13.5. The first-order valence-electron chi connectivity index (χ1n) is 4.91. The van der Waals surface area contributed by atoms with Crippen molar-refractivity contribution in [3.8, 4) is 5.75 Å². The minimum atomic E-state index is 0.0444. The summed E-state index contributed by atoms with van der Waals surface area (Å²) in [4.78, 5) is 11.1. The third-order valence-electron chi connectivity index (χ3n) is 2.25. The molecule has 1 heterocycles. The van der Waals surface area contributed by atoms with Crippen molar-refractivity contribution in [2.75, 3.05) is 17.8 Å². The Bertz CT molecular complexity index is 379. The standard InChI is InChI=1S/C11H12ClNO2/c12-4-1-5-15-9-3-2-8-6-11(14)13-10(8)7-9/h2-3,7H,1,4-6H2,(H,13,14). The average molecular weight is 226 g/mol. The van der Waals surface area contributed by atoms with E-state index in [1.807, 2.05) is 18.2 Å². The second kappa shape index (κ2) is 4.53. The lowest BCUT2D eigenvalue weighted by atomic mass is 10.1. The van der Waals surface area contributed by atoms with E-state index in [1.165, 1.54) is 0 Å². The maximum atomic E-state index is 11.1. The van der Waals surface area contributed by atoms with Crippen LogP contribution in [0.5, 0.6) is 5.75 Å². The summed E-state index contributed by atoms with van der Waals surface area (Å²) in [6.07, 6.45) is 1.29. The monoisotopic (exact) mass is 225 g/mol. The molecule has 1 aromatic carbocycles. The van der Waals surface area contributed by atoms with Crippen LogP contribution in [0.1, 0.15) is 12.0 Å². The lowest BCUT2D eigenvalue weighted by Crippen LogP contribution is -2.03. The van der Waals surface area contributed by atoms with Gasteiger partial charge < -0.3 is 10.1 Å². The molecule has 15 heavy (non-hydrogen) atoms. The van der Waals surface area contributed by atoms with Crippen molar-refractivity contribution < 1.29 is 9.53 Å². The van der Waals surface area contributed by atoms with Crippen molar-refractivity contribution in [2.24, 2.45) is 0 Å². The summed E-state index contributed by atoms with van der Waals surface area (Å²) in [7, 11) is 0. The summed E-state index contributed by atoms with van der Waals surface area (Å²) in [5.41, 5.74) is 1.90.